The maximum absolute atomic E-state index is 5.92. The largest absolute Gasteiger partial charge is 0.384 e. The van der Waals surface area contributed by atoms with E-state index in [2.05, 4.69) is 4.98 Å². The molecule has 2 rings (SSSR count). The van der Waals surface area contributed by atoms with Gasteiger partial charge in [0.25, 0.3) is 0 Å². The Morgan fingerprint density at radius 2 is 2.27 bits per heavy atom. The summed E-state index contributed by atoms with van der Waals surface area (Å²) in [5, 5.41) is 0. The Morgan fingerprint density at radius 1 is 1.60 bits per heavy atom. The fraction of sp³-hybridized carbons (Fsp3) is 0.700. The van der Waals surface area contributed by atoms with E-state index in [0.29, 0.717) is 18.3 Å². The molecular formula is C10H18N4O. The maximum Gasteiger partial charge on any atom is 0.146 e. The van der Waals surface area contributed by atoms with E-state index in [4.69, 9.17) is 16.3 Å². The number of ether oxygens (including phenoxy) is 1. The Balaban J connectivity index is 2.27. The Morgan fingerprint density at radius 3 is 2.80 bits per heavy atom. The van der Waals surface area contributed by atoms with Crippen LogP contribution in [0.2, 0.25) is 0 Å². The first-order valence-corrected chi connectivity index (χ1v) is 5.27. The molecule has 15 heavy (non-hydrogen) atoms. The Labute approximate surface area is 89.4 Å². The zero-order valence-electron chi connectivity index (χ0n) is 9.23. The van der Waals surface area contributed by atoms with Crippen LogP contribution in [0.15, 0.2) is 0 Å². The highest BCUT2D eigenvalue weighted by molar-refractivity contribution is 5.41. The lowest BCUT2D eigenvalue weighted by Crippen LogP contribution is -2.15. The first-order chi connectivity index (χ1) is 7.15. The summed E-state index contributed by atoms with van der Waals surface area (Å²) in [5.74, 6) is 8.07. The standard InChI is InChI=1S/C10H18N4O/c1-6(5-15-2)8-9(11)14(12)10(13-8)7-3-4-7/h6-7H,3-5,11-12H2,1-2H3. The van der Waals surface area contributed by atoms with Crippen molar-refractivity contribution < 1.29 is 4.74 Å². The van der Waals surface area contributed by atoms with E-state index in [0.717, 1.165) is 11.5 Å². The van der Waals surface area contributed by atoms with Gasteiger partial charge in [0.2, 0.25) is 0 Å². The molecule has 1 aromatic heterocycles. The molecular weight excluding hydrogens is 192 g/mol. The molecule has 5 heteroatoms. The van der Waals surface area contributed by atoms with Crippen molar-refractivity contribution in [1.82, 2.24) is 9.66 Å². The third-order valence-electron chi connectivity index (χ3n) is 2.83. The molecule has 1 heterocycles. The van der Waals surface area contributed by atoms with Gasteiger partial charge >= 0.3 is 0 Å². The minimum atomic E-state index is 0.192. The lowest BCUT2D eigenvalue weighted by molar-refractivity contribution is 0.183. The smallest absolute Gasteiger partial charge is 0.146 e. The van der Waals surface area contributed by atoms with Crippen molar-refractivity contribution in [3.05, 3.63) is 11.5 Å². The van der Waals surface area contributed by atoms with Gasteiger partial charge in [-0.3, -0.25) is 0 Å². The third kappa shape index (κ3) is 1.79. The Bertz CT molecular complexity index is 357. The minimum Gasteiger partial charge on any atom is -0.384 e. The third-order valence-corrected chi connectivity index (χ3v) is 2.83. The first kappa shape index (κ1) is 10.3. The van der Waals surface area contributed by atoms with Gasteiger partial charge in [-0.1, -0.05) is 6.92 Å². The van der Waals surface area contributed by atoms with E-state index in [1.807, 2.05) is 6.92 Å². The van der Waals surface area contributed by atoms with Crippen molar-refractivity contribution in [2.24, 2.45) is 0 Å². The number of aromatic nitrogens is 2. The molecule has 1 fully saturated rings. The van der Waals surface area contributed by atoms with Gasteiger partial charge in [-0.05, 0) is 12.8 Å². The lowest BCUT2D eigenvalue weighted by atomic mass is 10.1. The van der Waals surface area contributed by atoms with Gasteiger partial charge in [0, 0.05) is 18.9 Å². The molecule has 0 aliphatic heterocycles. The van der Waals surface area contributed by atoms with Gasteiger partial charge in [0.15, 0.2) is 0 Å². The van der Waals surface area contributed by atoms with E-state index < -0.39 is 0 Å². The molecule has 1 unspecified atom stereocenters. The molecule has 1 saturated carbocycles. The van der Waals surface area contributed by atoms with Crippen LogP contribution in [0.5, 0.6) is 0 Å². The molecule has 0 bridgehead atoms. The van der Waals surface area contributed by atoms with Crippen molar-refractivity contribution >= 4 is 5.82 Å². The number of nitrogen functional groups attached to an aromatic ring is 2. The van der Waals surface area contributed by atoms with E-state index >= 15 is 0 Å². The van der Waals surface area contributed by atoms with E-state index in [1.54, 1.807) is 7.11 Å². The topological polar surface area (TPSA) is 79.1 Å². The van der Waals surface area contributed by atoms with Crippen molar-refractivity contribution in [2.45, 2.75) is 31.6 Å². The average Bonchev–Trinajstić information content (AvgIpc) is 2.98. The number of rotatable bonds is 4. The molecule has 0 aromatic carbocycles. The van der Waals surface area contributed by atoms with Crippen LogP contribution < -0.4 is 11.6 Å². The molecule has 4 N–H and O–H groups in total. The van der Waals surface area contributed by atoms with E-state index in [-0.39, 0.29) is 5.92 Å². The van der Waals surface area contributed by atoms with Gasteiger partial charge in [-0.25, -0.2) is 9.66 Å². The highest BCUT2D eigenvalue weighted by atomic mass is 16.5. The summed E-state index contributed by atoms with van der Waals surface area (Å²) in [6, 6.07) is 0. The maximum atomic E-state index is 5.92. The summed E-state index contributed by atoms with van der Waals surface area (Å²) in [4.78, 5) is 4.52. The van der Waals surface area contributed by atoms with Crippen LogP contribution in [0.25, 0.3) is 0 Å². The SMILES string of the molecule is COCC(C)c1nc(C2CC2)n(N)c1N. The van der Waals surface area contributed by atoms with Crippen LogP contribution in [-0.2, 0) is 4.74 Å². The monoisotopic (exact) mass is 210 g/mol. The van der Waals surface area contributed by atoms with E-state index in [9.17, 15) is 0 Å². The predicted octanol–water partition coefficient (Wildman–Crippen LogP) is 0.806. The summed E-state index contributed by atoms with van der Waals surface area (Å²) in [6.07, 6.45) is 2.34. The highest BCUT2D eigenvalue weighted by Crippen LogP contribution is 2.40. The second kappa shape index (κ2) is 3.73. The molecule has 5 nitrogen and oxygen atoms in total. The van der Waals surface area contributed by atoms with Crippen LogP contribution in [0.4, 0.5) is 5.82 Å². The molecule has 0 spiro atoms. The number of hydrogen-bond acceptors (Lipinski definition) is 4. The Hall–Kier alpha value is -1.23. The van der Waals surface area contributed by atoms with Crippen molar-refractivity contribution in [3.8, 4) is 0 Å². The van der Waals surface area contributed by atoms with Crippen molar-refractivity contribution in [1.29, 1.82) is 0 Å². The summed E-state index contributed by atoms with van der Waals surface area (Å²) in [7, 11) is 1.67. The molecule has 1 aromatic rings. The highest BCUT2D eigenvalue weighted by Gasteiger charge is 2.31. The van der Waals surface area contributed by atoms with Gasteiger partial charge < -0.3 is 16.3 Å². The number of imidazole rings is 1. The zero-order chi connectivity index (χ0) is 11.0. The molecule has 84 valence electrons. The number of nitrogens with zero attached hydrogens (tertiary/aromatic N) is 2. The second-order valence-electron chi connectivity index (χ2n) is 4.24. The lowest BCUT2D eigenvalue weighted by Gasteiger charge is -2.07. The average molecular weight is 210 g/mol. The van der Waals surface area contributed by atoms with Crippen LogP contribution >= 0.6 is 0 Å². The Kier molecular flexibility index (Phi) is 2.56. The van der Waals surface area contributed by atoms with Gasteiger partial charge in [-0.2, -0.15) is 0 Å². The summed E-state index contributed by atoms with van der Waals surface area (Å²) in [5.41, 5.74) is 6.78. The van der Waals surface area contributed by atoms with Gasteiger partial charge in [0.05, 0.1) is 12.3 Å². The summed E-state index contributed by atoms with van der Waals surface area (Å²) >= 11 is 0. The normalized spacial score (nSPS) is 18.0. The minimum absolute atomic E-state index is 0.192. The van der Waals surface area contributed by atoms with Crippen LogP contribution in [0.3, 0.4) is 0 Å². The van der Waals surface area contributed by atoms with E-state index in [1.165, 1.54) is 17.5 Å². The van der Waals surface area contributed by atoms with Gasteiger partial charge in [0.1, 0.15) is 11.6 Å². The van der Waals surface area contributed by atoms with Gasteiger partial charge in [-0.15, -0.1) is 0 Å². The molecule has 0 radical (unpaired) electrons. The zero-order valence-corrected chi connectivity index (χ0v) is 9.23. The fourth-order valence-electron chi connectivity index (χ4n) is 1.80. The molecule has 0 amide bonds. The molecule has 1 atom stereocenters. The number of methoxy groups -OCH3 is 1. The predicted molar refractivity (Wildman–Crippen MR) is 59.1 cm³/mol. The van der Waals surface area contributed by atoms with Crippen LogP contribution in [0.1, 0.15) is 43.1 Å². The number of anilines is 1. The molecule has 0 saturated heterocycles. The fourth-order valence-corrected chi connectivity index (χ4v) is 1.80. The second-order valence-corrected chi connectivity index (χ2v) is 4.24. The first-order valence-electron chi connectivity index (χ1n) is 5.27. The number of nitrogens with two attached hydrogens (primary N) is 2. The number of hydrogen-bond donors (Lipinski definition) is 2. The quantitative estimate of drug-likeness (QED) is 0.721. The van der Waals surface area contributed by atoms with Crippen LogP contribution in [0, 0.1) is 0 Å². The summed E-state index contributed by atoms with van der Waals surface area (Å²) in [6.45, 7) is 2.66. The van der Waals surface area contributed by atoms with Crippen molar-refractivity contribution in [2.75, 3.05) is 25.3 Å². The van der Waals surface area contributed by atoms with Crippen LogP contribution in [-0.4, -0.2) is 23.4 Å². The van der Waals surface area contributed by atoms with Crippen molar-refractivity contribution in [3.63, 3.8) is 0 Å². The molecule has 1 aliphatic carbocycles. The molecule has 1 aliphatic rings. The summed E-state index contributed by atoms with van der Waals surface area (Å²) < 4.78 is 6.62.